The van der Waals surface area contributed by atoms with Crippen LogP contribution in [0.3, 0.4) is 0 Å². The van der Waals surface area contributed by atoms with E-state index in [1.54, 1.807) is 12.1 Å². The number of fused-ring (bicyclic) bond motifs is 6. The topological polar surface area (TPSA) is 66.5 Å². The van der Waals surface area contributed by atoms with Gasteiger partial charge in [-0.3, -0.25) is 14.4 Å². The Kier molecular flexibility index (Phi) is 7.27. The maximum atomic E-state index is 15.1. The molecule has 1 fully saturated rings. The van der Waals surface area contributed by atoms with Crippen molar-refractivity contribution in [3.8, 4) is 0 Å². The van der Waals surface area contributed by atoms with Crippen molar-refractivity contribution in [1.82, 2.24) is 0 Å². The maximum Gasteiger partial charge on any atom is 0.238 e. The third-order valence-corrected chi connectivity index (χ3v) is 10.0. The molecule has 5 heteroatoms. The van der Waals surface area contributed by atoms with Gasteiger partial charge in [-0.05, 0) is 61.6 Å². The number of unbranched alkanes of at least 4 members (excludes halogenated alkanes) is 2. The lowest BCUT2D eigenvalue weighted by Gasteiger charge is -2.39. The molecule has 45 heavy (non-hydrogen) atoms. The van der Waals surface area contributed by atoms with E-state index in [0.717, 1.165) is 53.6 Å². The average Bonchev–Trinajstić information content (AvgIpc) is 3.53. The summed E-state index contributed by atoms with van der Waals surface area (Å²) in [4.78, 5) is 46.6. The number of hydrogen-bond donors (Lipinski definition) is 1. The summed E-state index contributed by atoms with van der Waals surface area (Å²) in [5, 5.41) is 3.13. The van der Waals surface area contributed by atoms with E-state index in [4.69, 9.17) is 0 Å². The van der Waals surface area contributed by atoms with Crippen molar-refractivity contribution in [3.63, 3.8) is 0 Å². The minimum absolute atomic E-state index is 0.163. The quantitative estimate of drug-likeness (QED) is 0.166. The SMILES string of the molecule is CCCCCc1ccc(C(=O)[C@@H]2[C@@H](C(=O)c3ccccc3)N3c4ccc(C)cc4C(C)=C[C@@H]3[C@@]23C(=O)Nc2ccccc23)cc1. The highest BCUT2D eigenvalue weighted by atomic mass is 16.2. The summed E-state index contributed by atoms with van der Waals surface area (Å²) in [7, 11) is 0. The van der Waals surface area contributed by atoms with Gasteiger partial charge in [-0.25, -0.2) is 0 Å². The number of Topliss-reactive ketones (excluding diaryl/α,β-unsaturated/α-hetero) is 2. The number of hydrogen-bond acceptors (Lipinski definition) is 4. The molecule has 4 aromatic carbocycles. The van der Waals surface area contributed by atoms with E-state index in [-0.39, 0.29) is 17.5 Å². The van der Waals surface area contributed by atoms with Gasteiger partial charge in [0, 0.05) is 28.1 Å². The molecular weight excluding hydrogens is 556 g/mol. The zero-order valence-corrected chi connectivity index (χ0v) is 26.0. The smallest absolute Gasteiger partial charge is 0.238 e. The number of allylic oxidation sites excluding steroid dienone is 1. The Morgan fingerprint density at radius 3 is 2.29 bits per heavy atom. The molecule has 1 N–H and O–H groups in total. The first-order valence-electron chi connectivity index (χ1n) is 16.1. The van der Waals surface area contributed by atoms with Crippen LogP contribution in [0.1, 0.15) is 76.1 Å². The van der Waals surface area contributed by atoms with E-state index in [0.29, 0.717) is 16.8 Å². The molecule has 0 saturated carbocycles. The molecule has 4 aromatic rings. The van der Waals surface area contributed by atoms with E-state index >= 15 is 4.79 Å². The fraction of sp³-hybridized carbons (Fsp3) is 0.275. The van der Waals surface area contributed by atoms with Gasteiger partial charge in [0.05, 0.1) is 12.0 Å². The van der Waals surface area contributed by atoms with Crippen molar-refractivity contribution in [2.75, 3.05) is 10.2 Å². The molecule has 3 aliphatic rings. The van der Waals surface area contributed by atoms with Gasteiger partial charge in [0.15, 0.2) is 11.6 Å². The van der Waals surface area contributed by atoms with Gasteiger partial charge in [0.1, 0.15) is 11.5 Å². The van der Waals surface area contributed by atoms with Crippen LogP contribution in [0.4, 0.5) is 11.4 Å². The second-order valence-electron chi connectivity index (χ2n) is 12.8. The molecule has 1 saturated heterocycles. The summed E-state index contributed by atoms with van der Waals surface area (Å²) in [6, 6.07) is 29.4. The molecule has 3 heterocycles. The van der Waals surface area contributed by atoms with E-state index in [1.165, 1.54) is 5.56 Å². The third-order valence-electron chi connectivity index (χ3n) is 10.0. The molecule has 1 amide bonds. The summed E-state index contributed by atoms with van der Waals surface area (Å²) >= 11 is 0. The highest BCUT2D eigenvalue weighted by molar-refractivity contribution is 6.18. The van der Waals surface area contributed by atoms with E-state index in [2.05, 4.69) is 43.1 Å². The van der Waals surface area contributed by atoms with Crippen LogP contribution in [0.15, 0.2) is 103 Å². The Hall–Kier alpha value is -4.77. The molecular formula is C40H38N2O3. The normalized spacial score (nSPS) is 22.8. The van der Waals surface area contributed by atoms with Gasteiger partial charge in [-0.15, -0.1) is 0 Å². The van der Waals surface area contributed by atoms with Crippen molar-refractivity contribution in [2.24, 2.45) is 5.92 Å². The van der Waals surface area contributed by atoms with Gasteiger partial charge in [0.2, 0.25) is 5.91 Å². The molecule has 1 spiro atoms. The number of ketones is 2. The zero-order valence-electron chi connectivity index (χ0n) is 26.0. The molecule has 0 radical (unpaired) electrons. The fourth-order valence-electron chi connectivity index (χ4n) is 7.91. The second kappa shape index (κ2) is 11.3. The summed E-state index contributed by atoms with van der Waals surface area (Å²) in [6.45, 7) is 6.30. The number of anilines is 2. The van der Waals surface area contributed by atoms with Crippen molar-refractivity contribution in [2.45, 2.75) is 64.0 Å². The first-order valence-corrected chi connectivity index (χ1v) is 16.1. The molecule has 226 valence electrons. The number of nitrogens with zero attached hydrogens (tertiary/aromatic N) is 1. The molecule has 5 nitrogen and oxygen atoms in total. The summed E-state index contributed by atoms with van der Waals surface area (Å²) in [5.74, 6) is -1.56. The molecule has 0 aliphatic carbocycles. The van der Waals surface area contributed by atoms with E-state index in [9.17, 15) is 9.59 Å². The van der Waals surface area contributed by atoms with Crippen molar-refractivity contribution >= 4 is 34.4 Å². The lowest BCUT2D eigenvalue weighted by molar-refractivity contribution is -0.121. The Labute approximate surface area is 265 Å². The largest absolute Gasteiger partial charge is 0.352 e. The van der Waals surface area contributed by atoms with Crippen LogP contribution in [-0.4, -0.2) is 29.6 Å². The number of carbonyl (C=O) groups excluding carboxylic acids is 3. The van der Waals surface area contributed by atoms with Gasteiger partial charge < -0.3 is 10.2 Å². The molecule has 0 unspecified atom stereocenters. The third kappa shape index (κ3) is 4.48. The van der Waals surface area contributed by atoms with E-state index in [1.807, 2.05) is 78.9 Å². The van der Waals surface area contributed by atoms with E-state index < -0.39 is 23.4 Å². The van der Waals surface area contributed by atoms with Crippen molar-refractivity contribution in [3.05, 3.63) is 137 Å². The number of benzene rings is 4. The van der Waals surface area contributed by atoms with Gasteiger partial charge in [-0.1, -0.05) is 110 Å². The minimum Gasteiger partial charge on any atom is -0.352 e. The number of rotatable bonds is 8. The van der Waals surface area contributed by atoms with Crippen LogP contribution >= 0.6 is 0 Å². The number of amides is 1. The van der Waals surface area contributed by atoms with Crippen LogP contribution in [0.2, 0.25) is 0 Å². The van der Waals surface area contributed by atoms with Crippen LogP contribution in [0.5, 0.6) is 0 Å². The highest BCUT2D eigenvalue weighted by Gasteiger charge is 2.70. The Balaban J connectivity index is 1.47. The Morgan fingerprint density at radius 2 is 1.53 bits per heavy atom. The summed E-state index contributed by atoms with van der Waals surface area (Å²) in [5.41, 5.74) is 6.40. The fourth-order valence-corrected chi connectivity index (χ4v) is 7.91. The predicted octanol–water partition coefficient (Wildman–Crippen LogP) is 7.97. The first kappa shape index (κ1) is 29.0. The standard InChI is InChI=1S/C40H38N2O3/c1-4-5-7-12-27-18-20-29(21-19-27)37(43)35-36(38(44)28-13-8-6-9-14-28)42-33-22-17-25(2)23-30(33)26(3)24-34(42)40(35)31-15-10-11-16-32(31)41-39(40)45/h6,8-11,13-24,34-36H,4-5,7,12H2,1-3H3,(H,41,45)/t34-,35+,36+,40-/m1/s1. The van der Waals surface area contributed by atoms with Crippen LogP contribution in [0, 0.1) is 12.8 Å². The minimum atomic E-state index is -1.31. The molecule has 0 bridgehead atoms. The molecule has 3 aliphatic heterocycles. The molecule has 7 rings (SSSR count). The van der Waals surface area contributed by atoms with Gasteiger partial charge in [0.25, 0.3) is 0 Å². The average molecular weight is 595 g/mol. The highest BCUT2D eigenvalue weighted by Crippen LogP contribution is 2.59. The zero-order chi connectivity index (χ0) is 31.3. The molecule has 0 aromatic heterocycles. The summed E-state index contributed by atoms with van der Waals surface area (Å²) < 4.78 is 0. The number of aryl methyl sites for hydroxylation is 2. The van der Waals surface area contributed by atoms with Crippen LogP contribution in [-0.2, 0) is 16.6 Å². The van der Waals surface area contributed by atoms with Gasteiger partial charge >= 0.3 is 0 Å². The molecule has 4 atom stereocenters. The van der Waals surface area contributed by atoms with Crippen molar-refractivity contribution in [1.29, 1.82) is 0 Å². The Morgan fingerprint density at radius 1 is 0.822 bits per heavy atom. The number of para-hydroxylation sites is 1. The number of carbonyl (C=O) groups is 3. The first-order chi connectivity index (χ1) is 21.9. The van der Waals surface area contributed by atoms with Crippen LogP contribution < -0.4 is 10.2 Å². The predicted molar refractivity (Wildman–Crippen MR) is 180 cm³/mol. The number of nitrogens with one attached hydrogen (secondary N) is 1. The van der Waals surface area contributed by atoms with Crippen molar-refractivity contribution < 1.29 is 14.4 Å². The maximum absolute atomic E-state index is 15.1. The summed E-state index contributed by atoms with van der Waals surface area (Å²) in [6.07, 6.45) is 6.47. The second-order valence-corrected chi connectivity index (χ2v) is 12.8. The van der Waals surface area contributed by atoms with Gasteiger partial charge in [-0.2, -0.15) is 0 Å². The lowest BCUT2D eigenvalue weighted by Crippen LogP contribution is -2.51. The monoisotopic (exact) mass is 594 g/mol. The lowest BCUT2D eigenvalue weighted by atomic mass is 9.64. The Bertz CT molecular complexity index is 1840. The van der Waals surface area contributed by atoms with Crippen LogP contribution in [0.25, 0.3) is 5.57 Å².